The zero-order chi connectivity index (χ0) is 23.7. The molecule has 1 aliphatic heterocycles. The highest BCUT2D eigenvalue weighted by molar-refractivity contribution is 5.94. The molecule has 0 aliphatic carbocycles. The van der Waals surface area contributed by atoms with E-state index in [4.69, 9.17) is 4.74 Å². The molecule has 4 heterocycles. The van der Waals surface area contributed by atoms with E-state index in [9.17, 15) is 4.79 Å². The Morgan fingerprint density at radius 1 is 1.15 bits per heavy atom. The van der Waals surface area contributed by atoms with Crippen LogP contribution in [-0.4, -0.2) is 49.6 Å². The van der Waals surface area contributed by atoms with Crippen LogP contribution in [0.4, 0.5) is 16.2 Å². The van der Waals surface area contributed by atoms with E-state index in [-0.39, 0.29) is 6.09 Å². The number of anilines is 2. The Balaban J connectivity index is 1.36. The van der Waals surface area contributed by atoms with E-state index in [1.807, 2.05) is 51.2 Å². The summed E-state index contributed by atoms with van der Waals surface area (Å²) in [4.78, 5) is 29.5. The lowest BCUT2D eigenvalue weighted by atomic mass is 10.0. The number of pyridine rings is 1. The molecule has 0 saturated heterocycles. The normalized spacial score (nSPS) is 14.2. The maximum Gasteiger partial charge on any atom is 0.410 e. The second-order valence-corrected chi connectivity index (χ2v) is 9.35. The second kappa shape index (κ2) is 8.70. The Labute approximate surface area is 198 Å². The molecule has 4 aromatic rings. The number of carbonyl (C=O) groups excluding carboxylic acids is 1. The third kappa shape index (κ3) is 4.66. The number of carbonyl (C=O) groups is 1. The van der Waals surface area contributed by atoms with Crippen molar-refractivity contribution in [1.29, 1.82) is 0 Å². The minimum Gasteiger partial charge on any atom is -0.444 e. The van der Waals surface area contributed by atoms with Gasteiger partial charge in [0.25, 0.3) is 0 Å². The van der Waals surface area contributed by atoms with E-state index < -0.39 is 5.60 Å². The molecule has 3 aromatic heterocycles. The van der Waals surface area contributed by atoms with E-state index in [0.717, 1.165) is 45.9 Å². The van der Waals surface area contributed by atoms with Gasteiger partial charge in [-0.1, -0.05) is 18.2 Å². The van der Waals surface area contributed by atoms with Gasteiger partial charge in [-0.15, -0.1) is 0 Å². The predicted octanol–water partition coefficient (Wildman–Crippen LogP) is 5.72. The number of imidazole rings is 1. The fourth-order valence-electron chi connectivity index (χ4n) is 4.04. The Hall–Kier alpha value is -4.07. The van der Waals surface area contributed by atoms with Crippen molar-refractivity contribution >= 4 is 34.1 Å². The van der Waals surface area contributed by atoms with Crippen molar-refractivity contribution in [2.75, 3.05) is 18.4 Å². The van der Waals surface area contributed by atoms with Crippen LogP contribution in [0, 0.1) is 0 Å². The van der Waals surface area contributed by atoms with Gasteiger partial charge in [0.05, 0.1) is 5.69 Å². The molecule has 3 N–H and O–H groups in total. The lowest BCUT2D eigenvalue weighted by Gasteiger charge is -2.29. The van der Waals surface area contributed by atoms with Crippen LogP contribution in [0.3, 0.4) is 0 Å². The third-order valence-electron chi connectivity index (χ3n) is 5.65. The second-order valence-electron chi connectivity index (χ2n) is 9.35. The molecule has 8 heteroatoms. The molecule has 0 saturated carbocycles. The Morgan fingerprint density at radius 3 is 2.76 bits per heavy atom. The summed E-state index contributed by atoms with van der Waals surface area (Å²) in [6.07, 6.45) is 7.91. The van der Waals surface area contributed by atoms with Gasteiger partial charge in [0.1, 0.15) is 17.1 Å². The molecule has 0 spiro atoms. The van der Waals surface area contributed by atoms with Crippen molar-refractivity contribution in [3.63, 3.8) is 0 Å². The zero-order valence-corrected chi connectivity index (χ0v) is 19.6. The van der Waals surface area contributed by atoms with Crippen molar-refractivity contribution in [1.82, 2.24) is 24.8 Å². The van der Waals surface area contributed by atoms with Crippen molar-refractivity contribution in [2.45, 2.75) is 32.8 Å². The predicted molar refractivity (Wildman–Crippen MR) is 134 cm³/mol. The van der Waals surface area contributed by atoms with Crippen LogP contribution in [0.5, 0.6) is 0 Å². The lowest BCUT2D eigenvalue weighted by molar-refractivity contribution is 0.0270. The first kappa shape index (κ1) is 21.8. The van der Waals surface area contributed by atoms with E-state index in [0.29, 0.717) is 13.1 Å². The van der Waals surface area contributed by atoms with Crippen molar-refractivity contribution < 1.29 is 9.53 Å². The van der Waals surface area contributed by atoms with E-state index in [1.165, 1.54) is 5.57 Å². The maximum absolute atomic E-state index is 12.4. The summed E-state index contributed by atoms with van der Waals surface area (Å²) in [5.74, 6) is 0.831. The van der Waals surface area contributed by atoms with E-state index in [1.54, 1.807) is 17.3 Å². The molecule has 0 atom stereocenters. The summed E-state index contributed by atoms with van der Waals surface area (Å²) in [6.45, 7) is 6.79. The fourth-order valence-corrected chi connectivity index (χ4v) is 4.04. The molecule has 1 amide bonds. The van der Waals surface area contributed by atoms with Gasteiger partial charge >= 0.3 is 6.09 Å². The summed E-state index contributed by atoms with van der Waals surface area (Å²) < 4.78 is 5.50. The average molecular weight is 457 g/mol. The SMILES string of the molecule is CC(C)(C)OC(=O)N1CC=C(c2cc3c(Nc4cccc(-c5ncc[nH]5)c4)ccnc3[nH]2)CC1. The zero-order valence-electron chi connectivity index (χ0n) is 19.6. The summed E-state index contributed by atoms with van der Waals surface area (Å²) in [5, 5.41) is 4.53. The van der Waals surface area contributed by atoms with Crippen LogP contribution < -0.4 is 5.32 Å². The number of nitrogens with one attached hydrogen (secondary N) is 3. The number of aromatic nitrogens is 4. The smallest absolute Gasteiger partial charge is 0.410 e. The molecule has 0 unspecified atom stereocenters. The number of rotatable bonds is 4. The first-order valence-corrected chi connectivity index (χ1v) is 11.4. The highest BCUT2D eigenvalue weighted by Gasteiger charge is 2.24. The number of benzene rings is 1. The fraction of sp³-hybridized carbons (Fsp3) is 0.269. The number of fused-ring (bicyclic) bond motifs is 1. The summed E-state index contributed by atoms with van der Waals surface area (Å²) in [7, 11) is 0. The summed E-state index contributed by atoms with van der Waals surface area (Å²) in [5.41, 5.74) is 5.46. The number of amides is 1. The third-order valence-corrected chi connectivity index (χ3v) is 5.65. The van der Waals surface area contributed by atoms with Crippen molar-refractivity contribution in [2.24, 2.45) is 0 Å². The van der Waals surface area contributed by atoms with Gasteiger partial charge in [0, 0.05) is 54.0 Å². The van der Waals surface area contributed by atoms with Crippen molar-refractivity contribution in [3.8, 4) is 11.4 Å². The number of H-pyrrole nitrogens is 2. The molecule has 0 radical (unpaired) electrons. The minimum absolute atomic E-state index is 0.274. The Kier molecular flexibility index (Phi) is 5.57. The number of aromatic amines is 2. The van der Waals surface area contributed by atoms with Gasteiger partial charge in [-0.3, -0.25) is 0 Å². The first-order chi connectivity index (χ1) is 16.4. The molecule has 8 nitrogen and oxygen atoms in total. The standard InChI is InChI=1S/C26H28N6O2/c1-26(2,3)34-25(33)32-13-8-17(9-14-32)22-16-20-21(7-10-27-24(20)31-22)30-19-6-4-5-18(15-19)23-28-11-12-29-23/h4-8,10-12,15-16H,9,13-14H2,1-3H3,(H,28,29)(H2,27,30,31). The minimum atomic E-state index is -0.495. The molecule has 5 rings (SSSR count). The van der Waals surface area contributed by atoms with Crippen LogP contribution in [0.25, 0.3) is 28.0 Å². The van der Waals surface area contributed by atoms with Gasteiger partial charge in [-0.25, -0.2) is 14.8 Å². The molecule has 1 aliphatic rings. The number of ether oxygens (including phenoxy) is 1. The van der Waals surface area contributed by atoms with Gasteiger partial charge < -0.3 is 24.9 Å². The van der Waals surface area contributed by atoms with Gasteiger partial charge in [0.2, 0.25) is 0 Å². The topological polar surface area (TPSA) is 98.9 Å². The van der Waals surface area contributed by atoms with Crippen LogP contribution in [0.15, 0.2) is 61.1 Å². The average Bonchev–Trinajstić information content (AvgIpc) is 3.49. The molecule has 0 bridgehead atoms. The molecular formula is C26H28N6O2. The molecule has 0 fully saturated rings. The van der Waals surface area contributed by atoms with Gasteiger partial charge in [-0.05, 0) is 57.0 Å². The Bertz CT molecular complexity index is 1350. The van der Waals surface area contributed by atoms with E-state index in [2.05, 4.69) is 43.5 Å². The quantitative estimate of drug-likeness (QED) is 0.365. The van der Waals surface area contributed by atoms with Crippen LogP contribution >= 0.6 is 0 Å². The summed E-state index contributed by atoms with van der Waals surface area (Å²) in [6, 6.07) is 12.2. The Morgan fingerprint density at radius 2 is 2.03 bits per heavy atom. The molecule has 174 valence electrons. The van der Waals surface area contributed by atoms with Gasteiger partial charge in [0.15, 0.2) is 0 Å². The number of hydrogen-bond acceptors (Lipinski definition) is 5. The van der Waals surface area contributed by atoms with Crippen LogP contribution in [-0.2, 0) is 4.74 Å². The number of nitrogens with zero attached hydrogens (tertiary/aromatic N) is 3. The van der Waals surface area contributed by atoms with Gasteiger partial charge in [-0.2, -0.15) is 0 Å². The largest absolute Gasteiger partial charge is 0.444 e. The molecule has 34 heavy (non-hydrogen) atoms. The monoisotopic (exact) mass is 456 g/mol. The van der Waals surface area contributed by atoms with Crippen LogP contribution in [0.2, 0.25) is 0 Å². The maximum atomic E-state index is 12.4. The molecular weight excluding hydrogens is 428 g/mol. The highest BCUT2D eigenvalue weighted by atomic mass is 16.6. The van der Waals surface area contributed by atoms with Crippen molar-refractivity contribution in [3.05, 3.63) is 66.8 Å². The molecule has 1 aromatic carbocycles. The lowest BCUT2D eigenvalue weighted by Crippen LogP contribution is -2.39. The van der Waals surface area contributed by atoms with E-state index >= 15 is 0 Å². The number of hydrogen-bond donors (Lipinski definition) is 3. The summed E-state index contributed by atoms with van der Waals surface area (Å²) >= 11 is 0. The first-order valence-electron chi connectivity index (χ1n) is 11.4. The highest BCUT2D eigenvalue weighted by Crippen LogP contribution is 2.31. The van der Waals surface area contributed by atoms with Crippen LogP contribution in [0.1, 0.15) is 32.9 Å².